The third kappa shape index (κ3) is 5.88. The SMILES string of the molecule is O=C(Nc1ccc(-c2ccnc(Nc3cccc(Cl)c3)n2)cc1)C(c1ccccc1)N1CCOCC1. The van der Waals surface area contributed by atoms with Gasteiger partial charge in [0.1, 0.15) is 6.04 Å². The fourth-order valence-corrected chi connectivity index (χ4v) is 4.40. The standard InChI is InChI=1S/C28H26ClN5O2/c29-22-7-4-8-24(19-22)32-28-30-14-13-25(33-28)20-9-11-23(12-10-20)31-27(35)26(21-5-2-1-3-6-21)34-15-17-36-18-16-34/h1-14,19,26H,15-18H2,(H,31,35)(H,30,32,33). The molecule has 1 aromatic heterocycles. The minimum atomic E-state index is -0.378. The number of ether oxygens (including phenoxy) is 1. The summed E-state index contributed by atoms with van der Waals surface area (Å²) in [7, 11) is 0. The van der Waals surface area contributed by atoms with Crippen LogP contribution in [-0.2, 0) is 9.53 Å². The lowest BCUT2D eigenvalue weighted by atomic mass is 10.0. The van der Waals surface area contributed by atoms with Crippen LogP contribution in [0.1, 0.15) is 11.6 Å². The van der Waals surface area contributed by atoms with Crippen LogP contribution in [0.2, 0.25) is 5.02 Å². The summed E-state index contributed by atoms with van der Waals surface area (Å²) < 4.78 is 5.49. The molecule has 2 N–H and O–H groups in total. The molecule has 0 spiro atoms. The lowest BCUT2D eigenvalue weighted by Crippen LogP contribution is -2.43. The van der Waals surface area contributed by atoms with Crippen molar-refractivity contribution in [2.24, 2.45) is 0 Å². The maximum absolute atomic E-state index is 13.4. The lowest BCUT2D eigenvalue weighted by molar-refractivity contribution is -0.123. The molecule has 1 aliphatic rings. The molecular weight excluding hydrogens is 474 g/mol. The first-order valence-corrected chi connectivity index (χ1v) is 12.2. The van der Waals surface area contributed by atoms with Crippen molar-refractivity contribution in [3.8, 4) is 11.3 Å². The molecule has 182 valence electrons. The second-order valence-electron chi connectivity index (χ2n) is 8.43. The summed E-state index contributed by atoms with van der Waals surface area (Å²) in [6, 6.07) is 26.4. The minimum absolute atomic E-state index is 0.0640. The number of carbonyl (C=O) groups is 1. The van der Waals surface area contributed by atoms with Crippen LogP contribution < -0.4 is 10.6 Å². The van der Waals surface area contributed by atoms with E-state index in [4.69, 9.17) is 16.3 Å². The van der Waals surface area contributed by atoms with E-state index in [9.17, 15) is 4.79 Å². The van der Waals surface area contributed by atoms with Gasteiger partial charge in [0.25, 0.3) is 0 Å². The van der Waals surface area contributed by atoms with E-state index in [1.165, 1.54) is 0 Å². The molecule has 1 fully saturated rings. The van der Waals surface area contributed by atoms with Crippen LogP contribution in [-0.4, -0.2) is 47.1 Å². The van der Waals surface area contributed by atoms with Crippen molar-refractivity contribution in [1.29, 1.82) is 0 Å². The zero-order valence-corrected chi connectivity index (χ0v) is 20.4. The Morgan fingerprint density at radius 2 is 1.69 bits per heavy atom. The van der Waals surface area contributed by atoms with Gasteiger partial charge >= 0.3 is 0 Å². The number of aromatic nitrogens is 2. The third-order valence-electron chi connectivity index (χ3n) is 5.96. The molecule has 36 heavy (non-hydrogen) atoms. The van der Waals surface area contributed by atoms with Gasteiger partial charge in [-0.05, 0) is 42.0 Å². The number of rotatable bonds is 7. The van der Waals surface area contributed by atoms with Crippen molar-refractivity contribution in [2.45, 2.75) is 6.04 Å². The first-order chi connectivity index (χ1) is 17.7. The number of hydrogen-bond donors (Lipinski definition) is 2. The average Bonchev–Trinajstić information content (AvgIpc) is 2.91. The Balaban J connectivity index is 1.30. The molecule has 0 bridgehead atoms. The summed E-state index contributed by atoms with van der Waals surface area (Å²) in [6.07, 6.45) is 1.71. The summed E-state index contributed by atoms with van der Waals surface area (Å²) in [5.74, 6) is 0.411. The van der Waals surface area contributed by atoms with Gasteiger partial charge in [0.15, 0.2) is 0 Å². The number of amides is 1. The molecule has 2 heterocycles. The maximum Gasteiger partial charge on any atom is 0.246 e. The smallest absolute Gasteiger partial charge is 0.246 e. The van der Waals surface area contributed by atoms with Crippen molar-refractivity contribution >= 4 is 34.8 Å². The largest absolute Gasteiger partial charge is 0.379 e. The molecule has 0 aliphatic carbocycles. The van der Waals surface area contributed by atoms with Gasteiger partial charge in [0.05, 0.1) is 18.9 Å². The number of carbonyl (C=O) groups excluding carboxylic acids is 1. The molecule has 1 amide bonds. The van der Waals surface area contributed by atoms with Gasteiger partial charge in [-0.2, -0.15) is 0 Å². The van der Waals surface area contributed by atoms with Gasteiger partial charge in [-0.25, -0.2) is 9.97 Å². The summed E-state index contributed by atoms with van der Waals surface area (Å²) in [4.78, 5) is 24.5. The molecule has 0 saturated carbocycles. The van der Waals surface area contributed by atoms with Gasteiger partial charge in [-0.1, -0.05) is 60.1 Å². The fourth-order valence-electron chi connectivity index (χ4n) is 4.21. The van der Waals surface area contributed by atoms with Crippen LogP contribution in [0.5, 0.6) is 0 Å². The number of nitrogens with zero attached hydrogens (tertiary/aromatic N) is 3. The van der Waals surface area contributed by atoms with Gasteiger partial charge in [0.2, 0.25) is 11.9 Å². The Labute approximate surface area is 215 Å². The number of morpholine rings is 1. The van der Waals surface area contributed by atoms with Crippen LogP contribution in [0, 0.1) is 0 Å². The predicted octanol–water partition coefficient (Wildman–Crippen LogP) is 5.55. The van der Waals surface area contributed by atoms with E-state index in [0.717, 1.165) is 28.2 Å². The molecule has 7 nitrogen and oxygen atoms in total. The van der Waals surface area contributed by atoms with Gasteiger partial charge in [-0.3, -0.25) is 9.69 Å². The lowest BCUT2D eigenvalue weighted by Gasteiger charge is -2.33. The van der Waals surface area contributed by atoms with Crippen molar-refractivity contribution in [1.82, 2.24) is 14.9 Å². The van der Waals surface area contributed by atoms with Crippen molar-refractivity contribution in [2.75, 3.05) is 36.9 Å². The Hall–Kier alpha value is -3.78. The van der Waals surface area contributed by atoms with Crippen molar-refractivity contribution < 1.29 is 9.53 Å². The molecule has 8 heteroatoms. The Bertz CT molecular complexity index is 1310. The van der Waals surface area contributed by atoms with E-state index in [2.05, 4.69) is 25.5 Å². The molecular formula is C28H26ClN5O2. The second-order valence-corrected chi connectivity index (χ2v) is 8.87. The molecule has 1 atom stereocenters. The van der Waals surface area contributed by atoms with Crippen LogP contribution in [0.25, 0.3) is 11.3 Å². The Kier molecular flexibility index (Phi) is 7.52. The predicted molar refractivity (Wildman–Crippen MR) is 142 cm³/mol. The minimum Gasteiger partial charge on any atom is -0.379 e. The molecule has 0 radical (unpaired) electrons. The normalized spacial score (nSPS) is 14.7. The molecule has 1 aliphatic heterocycles. The Morgan fingerprint density at radius 3 is 2.44 bits per heavy atom. The van der Waals surface area contributed by atoms with Gasteiger partial charge in [0, 0.05) is 41.2 Å². The van der Waals surface area contributed by atoms with Crippen molar-refractivity contribution in [3.05, 3.63) is 102 Å². The van der Waals surface area contributed by atoms with Gasteiger partial charge in [-0.15, -0.1) is 0 Å². The van der Waals surface area contributed by atoms with E-state index in [0.29, 0.717) is 37.3 Å². The summed E-state index contributed by atoms with van der Waals surface area (Å²) >= 11 is 6.07. The monoisotopic (exact) mass is 499 g/mol. The first kappa shape index (κ1) is 23.9. The van der Waals surface area contributed by atoms with E-state index in [1.54, 1.807) is 6.20 Å². The molecule has 5 rings (SSSR count). The van der Waals surface area contributed by atoms with Crippen LogP contribution >= 0.6 is 11.6 Å². The number of halogens is 1. The zero-order valence-electron chi connectivity index (χ0n) is 19.6. The number of nitrogens with one attached hydrogen (secondary N) is 2. The Morgan fingerprint density at radius 1 is 0.917 bits per heavy atom. The highest BCUT2D eigenvalue weighted by atomic mass is 35.5. The van der Waals surface area contributed by atoms with E-state index in [1.807, 2.05) is 84.9 Å². The third-order valence-corrected chi connectivity index (χ3v) is 6.19. The topological polar surface area (TPSA) is 79.4 Å². The van der Waals surface area contributed by atoms with E-state index >= 15 is 0 Å². The summed E-state index contributed by atoms with van der Waals surface area (Å²) in [5, 5.41) is 6.90. The quantitative estimate of drug-likeness (QED) is 0.347. The second kappa shape index (κ2) is 11.3. The highest BCUT2D eigenvalue weighted by Crippen LogP contribution is 2.26. The number of anilines is 3. The number of hydrogen-bond acceptors (Lipinski definition) is 6. The first-order valence-electron chi connectivity index (χ1n) is 11.8. The maximum atomic E-state index is 13.4. The fraction of sp³-hybridized carbons (Fsp3) is 0.179. The van der Waals surface area contributed by atoms with E-state index in [-0.39, 0.29) is 11.9 Å². The van der Waals surface area contributed by atoms with Gasteiger partial charge < -0.3 is 15.4 Å². The molecule has 4 aromatic rings. The summed E-state index contributed by atoms with van der Waals surface area (Å²) in [5.41, 5.74) is 4.18. The molecule has 3 aromatic carbocycles. The van der Waals surface area contributed by atoms with E-state index < -0.39 is 0 Å². The molecule has 1 saturated heterocycles. The van der Waals surface area contributed by atoms with Crippen molar-refractivity contribution in [3.63, 3.8) is 0 Å². The van der Waals surface area contributed by atoms with Crippen LogP contribution in [0.15, 0.2) is 91.1 Å². The van der Waals surface area contributed by atoms with Crippen LogP contribution in [0.3, 0.4) is 0 Å². The average molecular weight is 500 g/mol. The highest BCUT2D eigenvalue weighted by molar-refractivity contribution is 6.30. The number of benzene rings is 3. The highest BCUT2D eigenvalue weighted by Gasteiger charge is 2.29. The van der Waals surface area contributed by atoms with Crippen LogP contribution in [0.4, 0.5) is 17.3 Å². The summed E-state index contributed by atoms with van der Waals surface area (Å²) in [6.45, 7) is 2.67. The zero-order chi connectivity index (χ0) is 24.7. The molecule has 1 unspecified atom stereocenters.